The lowest BCUT2D eigenvalue weighted by molar-refractivity contribution is -0.116. The lowest BCUT2D eigenvalue weighted by Gasteiger charge is -2.33. The molecule has 0 fully saturated rings. The molecule has 0 saturated heterocycles. The Morgan fingerprint density at radius 2 is 1.92 bits per heavy atom. The van der Waals surface area contributed by atoms with Gasteiger partial charge in [-0.15, -0.1) is 0 Å². The summed E-state index contributed by atoms with van der Waals surface area (Å²) in [4.78, 5) is 26.4. The summed E-state index contributed by atoms with van der Waals surface area (Å²) in [6, 6.07) is 14.2. The Morgan fingerprint density at radius 3 is 2.80 bits per heavy atom. The summed E-state index contributed by atoms with van der Waals surface area (Å²) in [6.07, 6.45) is 4.37. The Bertz CT molecular complexity index is 844. The number of aryl methyl sites for hydroxylation is 2. The second-order valence-electron chi connectivity index (χ2n) is 6.94. The van der Waals surface area contributed by atoms with Gasteiger partial charge in [0, 0.05) is 24.7 Å². The Kier molecular flexibility index (Phi) is 4.04. The lowest BCUT2D eigenvalue weighted by Crippen LogP contribution is -2.33. The number of rotatable bonds is 2. The van der Waals surface area contributed by atoms with Crippen LogP contribution in [-0.4, -0.2) is 23.8 Å². The summed E-state index contributed by atoms with van der Waals surface area (Å²) in [5, 5.41) is 2.87. The third-order valence-electron chi connectivity index (χ3n) is 5.37. The minimum Gasteiger partial charge on any atom is -0.335 e. The van der Waals surface area contributed by atoms with Crippen molar-refractivity contribution in [2.24, 2.45) is 0 Å². The summed E-state index contributed by atoms with van der Waals surface area (Å²) in [7, 11) is 1.90. The topological polar surface area (TPSA) is 49.4 Å². The molecule has 4 nitrogen and oxygen atoms in total. The number of nitrogens with one attached hydrogen (secondary N) is 1. The van der Waals surface area contributed by atoms with Crippen molar-refractivity contribution in [3.05, 3.63) is 64.7 Å². The molecule has 2 aliphatic rings. The fraction of sp³-hybridized carbons (Fsp3) is 0.333. The molecule has 0 radical (unpaired) electrons. The quantitative estimate of drug-likeness (QED) is 0.910. The third kappa shape index (κ3) is 2.93. The van der Waals surface area contributed by atoms with Crippen molar-refractivity contribution >= 4 is 17.5 Å². The van der Waals surface area contributed by atoms with Crippen molar-refractivity contribution < 1.29 is 9.59 Å². The fourth-order valence-corrected chi connectivity index (χ4v) is 3.99. The van der Waals surface area contributed by atoms with Crippen LogP contribution in [0.15, 0.2) is 42.5 Å². The van der Waals surface area contributed by atoms with Gasteiger partial charge in [0.05, 0.1) is 6.04 Å². The zero-order valence-electron chi connectivity index (χ0n) is 14.4. The van der Waals surface area contributed by atoms with E-state index in [0.29, 0.717) is 18.4 Å². The molecule has 0 saturated carbocycles. The highest BCUT2D eigenvalue weighted by Crippen LogP contribution is 2.34. The van der Waals surface area contributed by atoms with E-state index in [1.165, 1.54) is 11.1 Å². The number of anilines is 1. The number of carbonyl (C=O) groups is 2. The van der Waals surface area contributed by atoms with Gasteiger partial charge >= 0.3 is 0 Å². The van der Waals surface area contributed by atoms with Crippen LogP contribution in [0, 0.1) is 0 Å². The average Bonchev–Trinajstić information content (AvgIpc) is 2.66. The van der Waals surface area contributed by atoms with Gasteiger partial charge in [-0.25, -0.2) is 0 Å². The van der Waals surface area contributed by atoms with Crippen LogP contribution in [-0.2, 0) is 17.6 Å². The second kappa shape index (κ2) is 6.36. The molecule has 0 aromatic heterocycles. The fourth-order valence-electron chi connectivity index (χ4n) is 3.99. The molecule has 1 N–H and O–H groups in total. The summed E-state index contributed by atoms with van der Waals surface area (Å²) >= 11 is 0. The molecule has 128 valence electrons. The van der Waals surface area contributed by atoms with Crippen LogP contribution in [0.2, 0.25) is 0 Å². The predicted molar refractivity (Wildman–Crippen MR) is 97.6 cm³/mol. The smallest absolute Gasteiger partial charge is 0.254 e. The van der Waals surface area contributed by atoms with E-state index < -0.39 is 0 Å². The van der Waals surface area contributed by atoms with Gasteiger partial charge in [0.25, 0.3) is 5.91 Å². The van der Waals surface area contributed by atoms with Crippen molar-refractivity contribution in [2.45, 2.75) is 38.1 Å². The molecule has 4 heteroatoms. The molecule has 2 amide bonds. The molecule has 4 rings (SSSR count). The first-order valence-corrected chi connectivity index (χ1v) is 8.91. The van der Waals surface area contributed by atoms with Crippen molar-refractivity contribution in [1.29, 1.82) is 0 Å². The summed E-state index contributed by atoms with van der Waals surface area (Å²) in [6.45, 7) is 0. The number of benzene rings is 2. The van der Waals surface area contributed by atoms with Crippen LogP contribution in [0.4, 0.5) is 5.69 Å². The first kappa shape index (κ1) is 15.9. The van der Waals surface area contributed by atoms with Crippen LogP contribution >= 0.6 is 0 Å². The monoisotopic (exact) mass is 334 g/mol. The van der Waals surface area contributed by atoms with Crippen LogP contribution in [0.3, 0.4) is 0 Å². The zero-order valence-corrected chi connectivity index (χ0v) is 14.4. The highest BCUT2D eigenvalue weighted by molar-refractivity contribution is 5.98. The van der Waals surface area contributed by atoms with E-state index in [-0.39, 0.29) is 17.9 Å². The molecule has 0 spiro atoms. The first-order valence-electron chi connectivity index (χ1n) is 8.91. The van der Waals surface area contributed by atoms with Crippen molar-refractivity contribution in [1.82, 2.24) is 4.90 Å². The van der Waals surface area contributed by atoms with Gasteiger partial charge in [-0.1, -0.05) is 24.3 Å². The van der Waals surface area contributed by atoms with Gasteiger partial charge in [0.2, 0.25) is 5.91 Å². The molecule has 2 aromatic carbocycles. The number of amides is 2. The van der Waals surface area contributed by atoms with E-state index in [0.717, 1.165) is 30.5 Å². The lowest BCUT2D eigenvalue weighted by atomic mass is 9.86. The largest absolute Gasteiger partial charge is 0.335 e. The maximum absolute atomic E-state index is 13.0. The molecule has 25 heavy (non-hydrogen) atoms. The van der Waals surface area contributed by atoms with Gasteiger partial charge in [0.15, 0.2) is 0 Å². The second-order valence-corrected chi connectivity index (χ2v) is 6.94. The maximum Gasteiger partial charge on any atom is 0.254 e. The van der Waals surface area contributed by atoms with E-state index in [4.69, 9.17) is 0 Å². The summed E-state index contributed by atoms with van der Waals surface area (Å²) < 4.78 is 0. The Hall–Kier alpha value is -2.62. The van der Waals surface area contributed by atoms with E-state index in [1.807, 2.05) is 30.1 Å². The number of fused-ring (bicyclic) bond motifs is 2. The van der Waals surface area contributed by atoms with Crippen LogP contribution in [0.25, 0.3) is 0 Å². The Balaban J connectivity index is 1.60. The predicted octanol–water partition coefficient (Wildman–Crippen LogP) is 3.72. The molecule has 1 heterocycles. The maximum atomic E-state index is 13.0. The van der Waals surface area contributed by atoms with Crippen molar-refractivity contribution in [3.8, 4) is 0 Å². The number of nitrogens with zero attached hydrogens (tertiary/aromatic N) is 1. The minimum atomic E-state index is 0.0430. The summed E-state index contributed by atoms with van der Waals surface area (Å²) in [5.41, 5.74) is 5.20. The number of hydrogen-bond acceptors (Lipinski definition) is 2. The highest BCUT2D eigenvalue weighted by Gasteiger charge is 2.27. The van der Waals surface area contributed by atoms with Gasteiger partial charge in [-0.2, -0.15) is 0 Å². The molecule has 1 atom stereocenters. The van der Waals surface area contributed by atoms with Gasteiger partial charge in [-0.05, 0) is 60.6 Å². The molecule has 1 aliphatic carbocycles. The highest BCUT2D eigenvalue weighted by atomic mass is 16.2. The van der Waals surface area contributed by atoms with Crippen molar-refractivity contribution in [3.63, 3.8) is 0 Å². The molecular weight excluding hydrogens is 312 g/mol. The van der Waals surface area contributed by atoms with Gasteiger partial charge in [0.1, 0.15) is 0 Å². The molecule has 2 aromatic rings. The molecule has 1 unspecified atom stereocenters. The Morgan fingerprint density at radius 1 is 1.08 bits per heavy atom. The summed E-state index contributed by atoms with van der Waals surface area (Å²) in [5.74, 6) is 0.0870. The standard InChI is InChI=1S/C21H22N2O2/c1-23(19-8-4-6-14-5-2-3-7-17(14)19)21(25)16-9-11-18-15(13-16)10-12-20(24)22-18/h2-3,5,7,9,11,13,19H,4,6,8,10,12H2,1H3,(H,22,24). The van der Waals surface area contributed by atoms with Gasteiger partial charge < -0.3 is 10.2 Å². The number of hydrogen-bond donors (Lipinski definition) is 1. The van der Waals surface area contributed by atoms with E-state index >= 15 is 0 Å². The molecule has 0 bridgehead atoms. The average molecular weight is 334 g/mol. The first-order chi connectivity index (χ1) is 12.1. The van der Waals surface area contributed by atoms with Gasteiger partial charge in [-0.3, -0.25) is 9.59 Å². The molecule has 1 aliphatic heterocycles. The number of carbonyl (C=O) groups excluding carboxylic acids is 2. The SMILES string of the molecule is CN(C(=O)c1ccc2c(c1)CCC(=O)N2)C1CCCc2ccccc21. The zero-order chi connectivity index (χ0) is 17.4. The van der Waals surface area contributed by atoms with E-state index in [1.54, 1.807) is 0 Å². The van der Waals surface area contributed by atoms with E-state index in [9.17, 15) is 9.59 Å². The van der Waals surface area contributed by atoms with E-state index in [2.05, 4.69) is 29.6 Å². The third-order valence-corrected chi connectivity index (χ3v) is 5.37. The minimum absolute atomic E-state index is 0.0430. The van der Waals surface area contributed by atoms with Crippen molar-refractivity contribution in [2.75, 3.05) is 12.4 Å². The van der Waals surface area contributed by atoms with Crippen LogP contribution < -0.4 is 5.32 Å². The van der Waals surface area contributed by atoms with Crippen LogP contribution in [0.5, 0.6) is 0 Å². The normalized spacial score (nSPS) is 18.8. The molecular formula is C21H22N2O2. The Labute approximate surface area is 147 Å². The van der Waals surface area contributed by atoms with Crippen LogP contribution in [0.1, 0.15) is 52.4 Å².